The predicted molar refractivity (Wildman–Crippen MR) is 86.8 cm³/mol. The van der Waals surface area contributed by atoms with Crippen LogP contribution in [0.5, 0.6) is 5.75 Å². The highest BCUT2D eigenvalue weighted by Gasteiger charge is 2.36. The van der Waals surface area contributed by atoms with E-state index < -0.39 is 10.0 Å². The number of sulfonamides is 1. The molecule has 6 heteroatoms. The van der Waals surface area contributed by atoms with Gasteiger partial charge in [-0.05, 0) is 51.8 Å². The predicted octanol–water partition coefficient (Wildman–Crippen LogP) is 2.83. The summed E-state index contributed by atoms with van der Waals surface area (Å²) in [5.41, 5.74) is 0.761. The van der Waals surface area contributed by atoms with Crippen LogP contribution in [0, 0.1) is 0 Å². The fraction of sp³-hybridized carbons (Fsp3) is 0.625. The monoisotopic (exact) mass is 324 g/mol. The van der Waals surface area contributed by atoms with Crippen molar-refractivity contribution in [3.05, 3.63) is 18.2 Å². The number of ether oxygens (including phenoxy) is 1. The highest BCUT2D eigenvalue weighted by Crippen LogP contribution is 2.35. The maximum Gasteiger partial charge on any atom is 0.243 e. The van der Waals surface area contributed by atoms with E-state index in [1.807, 2.05) is 20.8 Å². The van der Waals surface area contributed by atoms with E-state index in [-0.39, 0.29) is 18.2 Å². The molecule has 5 nitrogen and oxygen atoms in total. The average Bonchev–Trinajstić information content (AvgIpc) is 2.46. The topological polar surface area (TPSA) is 58.6 Å². The van der Waals surface area contributed by atoms with E-state index in [1.54, 1.807) is 22.5 Å². The minimum Gasteiger partial charge on any atom is -0.487 e. The quantitative estimate of drug-likeness (QED) is 0.909. The Balaban J connectivity index is 1.95. The van der Waals surface area contributed by atoms with Crippen molar-refractivity contribution in [2.45, 2.75) is 63.1 Å². The van der Waals surface area contributed by atoms with Crippen LogP contribution in [-0.2, 0) is 10.0 Å². The maximum absolute atomic E-state index is 13.0. The van der Waals surface area contributed by atoms with Gasteiger partial charge in [-0.1, -0.05) is 6.42 Å². The minimum atomic E-state index is -3.47. The summed E-state index contributed by atoms with van der Waals surface area (Å²) in [6.45, 7) is 6.66. The lowest BCUT2D eigenvalue weighted by atomic mass is 10.0. The van der Waals surface area contributed by atoms with Crippen LogP contribution in [-0.4, -0.2) is 37.5 Å². The summed E-state index contributed by atoms with van der Waals surface area (Å²) < 4.78 is 33.4. The van der Waals surface area contributed by atoms with Gasteiger partial charge in [-0.3, -0.25) is 0 Å². The van der Waals surface area contributed by atoms with E-state index in [0.717, 1.165) is 30.7 Å². The molecule has 0 aliphatic carbocycles. The molecule has 0 amide bonds. The molecule has 0 aromatic heterocycles. The fourth-order valence-corrected chi connectivity index (χ4v) is 5.32. The Labute approximate surface area is 132 Å². The van der Waals surface area contributed by atoms with Crippen LogP contribution in [0.25, 0.3) is 0 Å². The van der Waals surface area contributed by atoms with Gasteiger partial charge in [-0.25, -0.2) is 8.42 Å². The Bertz CT molecular complexity index is 649. The molecule has 3 rings (SSSR count). The lowest BCUT2D eigenvalue weighted by molar-refractivity contribution is 0.204. The van der Waals surface area contributed by atoms with E-state index in [9.17, 15) is 8.42 Å². The molecule has 122 valence electrons. The van der Waals surface area contributed by atoms with Crippen LogP contribution >= 0.6 is 0 Å². The van der Waals surface area contributed by atoms with Crippen molar-refractivity contribution in [3.63, 3.8) is 0 Å². The van der Waals surface area contributed by atoms with Gasteiger partial charge in [-0.2, -0.15) is 4.31 Å². The van der Waals surface area contributed by atoms with Gasteiger partial charge in [-0.15, -0.1) is 0 Å². The van der Waals surface area contributed by atoms with E-state index in [2.05, 4.69) is 5.32 Å². The van der Waals surface area contributed by atoms with Crippen molar-refractivity contribution >= 4 is 15.7 Å². The fourth-order valence-electron chi connectivity index (χ4n) is 3.42. The first-order chi connectivity index (χ1) is 10.4. The molecule has 1 aromatic carbocycles. The SMILES string of the molecule is CC1CNc2cc(S(=O)(=O)N3C(C)CCCC3C)ccc2O1. The standard InChI is InChI=1S/C16H24N2O3S/c1-11-5-4-6-12(2)18(11)22(19,20)14-7-8-16-15(9-14)17-10-13(3)21-16/h7-9,11-13,17H,4-6,10H2,1-3H3. The summed E-state index contributed by atoms with van der Waals surface area (Å²) >= 11 is 0. The van der Waals surface area contributed by atoms with Gasteiger partial charge in [0, 0.05) is 12.1 Å². The second-order valence-electron chi connectivity index (χ2n) is 6.43. The second kappa shape index (κ2) is 5.74. The molecule has 2 aliphatic rings. The Kier molecular flexibility index (Phi) is 4.07. The number of benzene rings is 1. The first-order valence-corrected chi connectivity index (χ1v) is 9.41. The van der Waals surface area contributed by atoms with Crippen LogP contribution in [0.3, 0.4) is 0 Å². The Morgan fingerprint density at radius 1 is 1.18 bits per heavy atom. The molecule has 22 heavy (non-hydrogen) atoms. The largest absolute Gasteiger partial charge is 0.487 e. The molecule has 3 unspecified atom stereocenters. The lowest BCUT2D eigenvalue weighted by Crippen LogP contribution is -2.47. The zero-order chi connectivity index (χ0) is 15.9. The molecule has 1 saturated heterocycles. The van der Waals surface area contributed by atoms with Crippen LogP contribution < -0.4 is 10.1 Å². The van der Waals surface area contributed by atoms with Gasteiger partial charge in [0.25, 0.3) is 0 Å². The molecule has 0 radical (unpaired) electrons. The average molecular weight is 324 g/mol. The van der Waals surface area contributed by atoms with Gasteiger partial charge >= 0.3 is 0 Å². The molecule has 0 bridgehead atoms. The Morgan fingerprint density at radius 3 is 2.55 bits per heavy atom. The smallest absolute Gasteiger partial charge is 0.243 e. The van der Waals surface area contributed by atoms with Crippen molar-refractivity contribution in [3.8, 4) is 5.75 Å². The maximum atomic E-state index is 13.0. The number of fused-ring (bicyclic) bond motifs is 1. The summed E-state index contributed by atoms with van der Waals surface area (Å²) in [6, 6.07) is 5.21. The third kappa shape index (κ3) is 2.70. The number of nitrogens with zero attached hydrogens (tertiary/aromatic N) is 1. The van der Waals surface area contributed by atoms with Crippen LogP contribution in [0.2, 0.25) is 0 Å². The van der Waals surface area contributed by atoms with Crippen molar-refractivity contribution in [1.82, 2.24) is 4.31 Å². The van der Waals surface area contributed by atoms with E-state index in [4.69, 9.17) is 4.74 Å². The number of rotatable bonds is 2. The molecule has 1 N–H and O–H groups in total. The summed E-state index contributed by atoms with van der Waals surface area (Å²) in [7, 11) is -3.47. The number of hydrogen-bond donors (Lipinski definition) is 1. The third-order valence-corrected chi connectivity index (χ3v) is 6.67. The molecule has 0 saturated carbocycles. The molecule has 0 spiro atoms. The molecule has 2 aliphatic heterocycles. The highest BCUT2D eigenvalue weighted by molar-refractivity contribution is 7.89. The van der Waals surface area contributed by atoms with Gasteiger partial charge in [0.05, 0.1) is 17.1 Å². The number of hydrogen-bond acceptors (Lipinski definition) is 4. The van der Waals surface area contributed by atoms with Crippen LogP contribution in [0.4, 0.5) is 5.69 Å². The lowest BCUT2D eigenvalue weighted by Gasteiger charge is -2.37. The molecular weight excluding hydrogens is 300 g/mol. The van der Waals surface area contributed by atoms with Crippen LogP contribution in [0.1, 0.15) is 40.0 Å². The van der Waals surface area contributed by atoms with Crippen molar-refractivity contribution in [2.75, 3.05) is 11.9 Å². The van der Waals surface area contributed by atoms with Gasteiger partial charge < -0.3 is 10.1 Å². The minimum absolute atomic E-state index is 0.0500. The van der Waals surface area contributed by atoms with Crippen LogP contribution in [0.15, 0.2) is 23.1 Å². The summed E-state index contributed by atoms with van der Waals surface area (Å²) in [4.78, 5) is 0.345. The number of nitrogens with one attached hydrogen (secondary N) is 1. The first kappa shape index (κ1) is 15.6. The third-order valence-electron chi connectivity index (χ3n) is 4.55. The summed E-state index contributed by atoms with van der Waals surface area (Å²) in [5.74, 6) is 0.720. The van der Waals surface area contributed by atoms with Gasteiger partial charge in [0.15, 0.2) is 0 Å². The molecule has 2 heterocycles. The number of piperidine rings is 1. The molecule has 1 aromatic rings. The van der Waals surface area contributed by atoms with Gasteiger partial charge in [0.1, 0.15) is 11.9 Å². The van der Waals surface area contributed by atoms with E-state index in [1.165, 1.54) is 0 Å². The zero-order valence-corrected chi connectivity index (χ0v) is 14.2. The van der Waals surface area contributed by atoms with Crippen molar-refractivity contribution < 1.29 is 13.2 Å². The zero-order valence-electron chi connectivity index (χ0n) is 13.4. The normalized spacial score (nSPS) is 29.3. The molecule has 1 fully saturated rings. The van der Waals surface area contributed by atoms with E-state index >= 15 is 0 Å². The highest BCUT2D eigenvalue weighted by atomic mass is 32.2. The van der Waals surface area contributed by atoms with E-state index in [0.29, 0.717) is 11.4 Å². The Morgan fingerprint density at radius 2 is 1.86 bits per heavy atom. The van der Waals surface area contributed by atoms with Crippen molar-refractivity contribution in [1.29, 1.82) is 0 Å². The summed E-state index contributed by atoms with van der Waals surface area (Å²) in [6.07, 6.45) is 3.03. The first-order valence-electron chi connectivity index (χ1n) is 7.97. The number of anilines is 1. The molecular formula is C16H24N2O3S. The van der Waals surface area contributed by atoms with Crippen molar-refractivity contribution in [2.24, 2.45) is 0 Å². The Hall–Kier alpha value is -1.27. The van der Waals surface area contributed by atoms with Gasteiger partial charge in [0.2, 0.25) is 10.0 Å². The molecule has 3 atom stereocenters. The summed E-state index contributed by atoms with van der Waals surface area (Å²) in [5, 5.41) is 3.24. The second-order valence-corrected chi connectivity index (χ2v) is 8.27.